The van der Waals surface area contributed by atoms with Crippen LogP contribution in [0.3, 0.4) is 0 Å². The number of benzene rings is 1. The van der Waals surface area contributed by atoms with Gasteiger partial charge in [-0.05, 0) is 24.6 Å². The van der Waals surface area contributed by atoms with Crippen LogP contribution in [0.15, 0.2) is 18.2 Å². The molecule has 106 valence electrons. The Labute approximate surface area is 117 Å². The third kappa shape index (κ3) is 3.56. The lowest BCUT2D eigenvalue weighted by molar-refractivity contribution is 0.0740. The van der Waals surface area contributed by atoms with Crippen LogP contribution in [0.4, 0.5) is 4.39 Å². The summed E-state index contributed by atoms with van der Waals surface area (Å²) >= 11 is 0. The number of aliphatic hydroxyl groups is 1. The largest absolute Gasteiger partial charge is 0.384 e. The summed E-state index contributed by atoms with van der Waals surface area (Å²) < 4.78 is 18.7. The first-order valence-corrected chi connectivity index (χ1v) is 6.48. The highest BCUT2D eigenvalue weighted by Crippen LogP contribution is 2.14. The Bertz CT molecular complexity index is 540. The number of hydrogen-bond donors (Lipinski definition) is 1. The van der Waals surface area contributed by atoms with E-state index in [1.54, 1.807) is 4.90 Å². The smallest absolute Gasteiger partial charge is 0.255 e. The Morgan fingerprint density at radius 1 is 1.40 bits per heavy atom. The summed E-state index contributed by atoms with van der Waals surface area (Å²) in [6, 6.07) is 3.90. The Hall–Kier alpha value is -1.90. The molecule has 1 saturated heterocycles. The summed E-state index contributed by atoms with van der Waals surface area (Å²) in [5.41, 5.74) is 0.656. The first kappa shape index (κ1) is 14.5. The van der Waals surface area contributed by atoms with Crippen molar-refractivity contribution < 1.29 is 19.0 Å². The minimum absolute atomic E-state index is 0.229. The molecule has 1 fully saturated rings. The van der Waals surface area contributed by atoms with E-state index < -0.39 is 5.82 Å². The Morgan fingerprint density at radius 2 is 2.25 bits per heavy atom. The fraction of sp³-hybridized carbons (Fsp3) is 0.400. The van der Waals surface area contributed by atoms with Gasteiger partial charge in [0.15, 0.2) is 0 Å². The maximum Gasteiger partial charge on any atom is 0.255 e. The van der Waals surface area contributed by atoms with Crippen LogP contribution in [-0.4, -0.2) is 48.8 Å². The molecule has 2 rings (SSSR count). The molecular formula is C15H16FNO3. The van der Waals surface area contributed by atoms with Crippen LogP contribution >= 0.6 is 0 Å². The molecular weight excluding hydrogens is 261 g/mol. The van der Waals surface area contributed by atoms with Gasteiger partial charge < -0.3 is 14.7 Å². The van der Waals surface area contributed by atoms with Crippen LogP contribution in [0.1, 0.15) is 22.3 Å². The highest BCUT2D eigenvalue weighted by Gasteiger charge is 2.20. The average Bonchev–Trinajstić information content (AvgIpc) is 2.74. The van der Waals surface area contributed by atoms with Crippen molar-refractivity contribution in [3.63, 3.8) is 0 Å². The van der Waals surface area contributed by atoms with Gasteiger partial charge in [-0.3, -0.25) is 4.79 Å². The molecule has 1 amide bonds. The van der Waals surface area contributed by atoms with E-state index in [0.717, 1.165) is 6.42 Å². The zero-order valence-corrected chi connectivity index (χ0v) is 11.1. The van der Waals surface area contributed by atoms with E-state index in [2.05, 4.69) is 11.8 Å². The second-order valence-corrected chi connectivity index (χ2v) is 4.41. The van der Waals surface area contributed by atoms with Gasteiger partial charge in [-0.2, -0.15) is 0 Å². The van der Waals surface area contributed by atoms with E-state index in [1.807, 2.05) is 0 Å². The first-order chi connectivity index (χ1) is 9.72. The Morgan fingerprint density at radius 3 is 3.05 bits per heavy atom. The van der Waals surface area contributed by atoms with Crippen molar-refractivity contribution in [1.29, 1.82) is 0 Å². The average molecular weight is 277 g/mol. The number of hydrogen-bond acceptors (Lipinski definition) is 3. The van der Waals surface area contributed by atoms with Crippen LogP contribution in [0.25, 0.3) is 0 Å². The molecule has 1 heterocycles. The molecule has 20 heavy (non-hydrogen) atoms. The first-order valence-electron chi connectivity index (χ1n) is 6.48. The fourth-order valence-corrected chi connectivity index (χ4v) is 2.06. The third-order valence-corrected chi connectivity index (χ3v) is 3.02. The van der Waals surface area contributed by atoms with Gasteiger partial charge in [-0.25, -0.2) is 4.39 Å². The zero-order chi connectivity index (χ0) is 14.4. The molecule has 0 aromatic heterocycles. The second-order valence-electron chi connectivity index (χ2n) is 4.41. The minimum atomic E-state index is -0.478. The van der Waals surface area contributed by atoms with E-state index in [1.165, 1.54) is 18.2 Å². The van der Waals surface area contributed by atoms with E-state index in [4.69, 9.17) is 9.84 Å². The highest BCUT2D eigenvalue weighted by molar-refractivity contribution is 5.96. The van der Waals surface area contributed by atoms with Gasteiger partial charge in [0, 0.05) is 25.3 Å². The summed E-state index contributed by atoms with van der Waals surface area (Å²) in [5, 5.41) is 8.74. The molecule has 0 spiro atoms. The van der Waals surface area contributed by atoms with Crippen LogP contribution in [0.2, 0.25) is 0 Å². The predicted molar refractivity (Wildman–Crippen MR) is 71.7 cm³/mol. The SMILES string of the molecule is O=C(c1cc(F)ccc1C#CCO)N1CCCOCC1. The van der Waals surface area contributed by atoms with Crippen molar-refractivity contribution in [2.45, 2.75) is 6.42 Å². The molecule has 0 saturated carbocycles. The molecule has 0 unspecified atom stereocenters. The monoisotopic (exact) mass is 277 g/mol. The van der Waals surface area contributed by atoms with Crippen LogP contribution in [-0.2, 0) is 4.74 Å². The van der Waals surface area contributed by atoms with Gasteiger partial charge in [0.2, 0.25) is 0 Å². The van der Waals surface area contributed by atoms with E-state index in [-0.39, 0.29) is 18.1 Å². The molecule has 1 aliphatic rings. The number of aliphatic hydroxyl groups excluding tert-OH is 1. The van der Waals surface area contributed by atoms with Gasteiger partial charge in [0.1, 0.15) is 12.4 Å². The molecule has 1 aromatic rings. The molecule has 4 nitrogen and oxygen atoms in total. The Kier molecular flexibility index (Phi) is 5.10. The minimum Gasteiger partial charge on any atom is -0.384 e. The normalized spacial score (nSPS) is 15.2. The van der Waals surface area contributed by atoms with Crippen molar-refractivity contribution in [3.05, 3.63) is 35.1 Å². The third-order valence-electron chi connectivity index (χ3n) is 3.02. The molecule has 1 aliphatic heterocycles. The molecule has 0 bridgehead atoms. The van der Waals surface area contributed by atoms with Gasteiger partial charge in [-0.1, -0.05) is 11.8 Å². The van der Waals surface area contributed by atoms with E-state index >= 15 is 0 Å². The summed E-state index contributed by atoms with van der Waals surface area (Å²) in [6.45, 7) is 1.88. The van der Waals surface area contributed by atoms with Gasteiger partial charge >= 0.3 is 0 Å². The summed E-state index contributed by atoms with van der Waals surface area (Å²) in [4.78, 5) is 14.1. The maximum atomic E-state index is 13.4. The lowest BCUT2D eigenvalue weighted by atomic mass is 10.1. The lowest BCUT2D eigenvalue weighted by Gasteiger charge is -2.20. The molecule has 0 aliphatic carbocycles. The summed E-state index contributed by atoms with van der Waals surface area (Å²) in [5.74, 6) is 4.43. The molecule has 0 atom stereocenters. The van der Waals surface area contributed by atoms with E-state index in [0.29, 0.717) is 31.9 Å². The summed E-state index contributed by atoms with van der Waals surface area (Å²) in [7, 11) is 0. The molecule has 0 radical (unpaired) electrons. The molecule has 5 heteroatoms. The maximum absolute atomic E-state index is 13.4. The van der Waals surface area contributed by atoms with Crippen LogP contribution < -0.4 is 0 Å². The van der Waals surface area contributed by atoms with Gasteiger partial charge in [-0.15, -0.1) is 0 Å². The lowest BCUT2D eigenvalue weighted by Crippen LogP contribution is -2.33. The van der Waals surface area contributed by atoms with Crippen molar-refractivity contribution in [2.75, 3.05) is 32.9 Å². The zero-order valence-electron chi connectivity index (χ0n) is 11.1. The van der Waals surface area contributed by atoms with Crippen LogP contribution in [0, 0.1) is 17.7 Å². The molecule has 1 aromatic carbocycles. The van der Waals surface area contributed by atoms with Crippen LogP contribution in [0.5, 0.6) is 0 Å². The number of ether oxygens (including phenoxy) is 1. The number of halogens is 1. The number of carbonyl (C=O) groups is 1. The van der Waals surface area contributed by atoms with E-state index in [9.17, 15) is 9.18 Å². The number of rotatable bonds is 1. The fourth-order valence-electron chi connectivity index (χ4n) is 2.06. The second kappa shape index (κ2) is 7.04. The molecule has 1 N–H and O–H groups in total. The Balaban J connectivity index is 2.29. The highest BCUT2D eigenvalue weighted by atomic mass is 19.1. The predicted octanol–water partition coefficient (Wildman–Crippen LogP) is 1.03. The van der Waals surface area contributed by atoms with Gasteiger partial charge in [0.25, 0.3) is 5.91 Å². The number of carbonyl (C=O) groups excluding carboxylic acids is 1. The van der Waals surface area contributed by atoms with Crippen molar-refractivity contribution >= 4 is 5.91 Å². The van der Waals surface area contributed by atoms with Crippen molar-refractivity contribution in [3.8, 4) is 11.8 Å². The standard InChI is InChI=1S/C15H16FNO3/c16-13-5-4-12(3-1-8-18)14(11-13)15(19)17-6-2-9-20-10-7-17/h4-5,11,18H,2,6-10H2. The number of nitrogens with zero attached hydrogens (tertiary/aromatic N) is 1. The number of amides is 1. The quantitative estimate of drug-likeness (QED) is 0.780. The summed E-state index contributed by atoms with van der Waals surface area (Å²) in [6.07, 6.45) is 0.763. The van der Waals surface area contributed by atoms with Crippen molar-refractivity contribution in [2.24, 2.45) is 0 Å². The topological polar surface area (TPSA) is 49.8 Å². The van der Waals surface area contributed by atoms with Crippen molar-refractivity contribution in [1.82, 2.24) is 4.90 Å². The van der Waals surface area contributed by atoms with Gasteiger partial charge in [0.05, 0.1) is 12.2 Å².